The van der Waals surface area contributed by atoms with Gasteiger partial charge in [0, 0.05) is 23.4 Å². The van der Waals surface area contributed by atoms with E-state index in [1.807, 2.05) is 0 Å². The van der Waals surface area contributed by atoms with Gasteiger partial charge in [-0.05, 0) is 32.0 Å². The Morgan fingerprint density at radius 1 is 1.23 bits per heavy atom. The van der Waals surface area contributed by atoms with Crippen LogP contribution in [0.2, 0.25) is 0 Å². The van der Waals surface area contributed by atoms with Gasteiger partial charge in [-0.3, -0.25) is 9.59 Å². The fourth-order valence-electron chi connectivity index (χ4n) is 3.63. The zero-order valence-corrected chi connectivity index (χ0v) is 16.4. The maximum atomic E-state index is 13.9. The Labute approximate surface area is 171 Å². The lowest BCUT2D eigenvalue weighted by atomic mass is 10.1. The maximum Gasteiger partial charge on any atom is 0.375 e. The number of nitrogens with one attached hydrogen (secondary N) is 1. The van der Waals surface area contributed by atoms with Gasteiger partial charge in [-0.25, -0.2) is 9.18 Å². The molecular formula is C22H19FN2O5. The van der Waals surface area contributed by atoms with Crippen LogP contribution in [0.1, 0.15) is 29.5 Å². The molecule has 0 saturated carbocycles. The van der Waals surface area contributed by atoms with E-state index in [1.54, 1.807) is 44.2 Å². The van der Waals surface area contributed by atoms with E-state index in [0.29, 0.717) is 22.3 Å². The molecule has 2 amide bonds. The highest BCUT2D eigenvalue weighted by Crippen LogP contribution is 2.31. The zero-order valence-electron chi connectivity index (χ0n) is 16.4. The molecule has 7 nitrogen and oxygen atoms in total. The van der Waals surface area contributed by atoms with Crippen LogP contribution in [0, 0.1) is 12.7 Å². The summed E-state index contributed by atoms with van der Waals surface area (Å²) in [5, 5.41) is 3.23. The number of halogens is 1. The van der Waals surface area contributed by atoms with Gasteiger partial charge in [-0.15, -0.1) is 0 Å². The number of rotatable bonds is 3. The number of amides is 2. The molecule has 0 spiro atoms. The average Bonchev–Trinajstić information content (AvgIpc) is 2.98. The number of hydrogen-bond donors (Lipinski definition) is 1. The molecular weight excluding hydrogens is 391 g/mol. The van der Waals surface area contributed by atoms with E-state index in [2.05, 4.69) is 5.32 Å². The molecule has 30 heavy (non-hydrogen) atoms. The monoisotopic (exact) mass is 410 g/mol. The molecule has 1 unspecified atom stereocenters. The number of aryl methyl sites for hydroxylation is 1. The molecule has 1 aromatic heterocycles. The molecule has 0 radical (unpaired) electrons. The van der Waals surface area contributed by atoms with Crippen LogP contribution in [0.25, 0.3) is 11.0 Å². The molecule has 2 heterocycles. The Morgan fingerprint density at radius 3 is 2.77 bits per heavy atom. The zero-order chi connectivity index (χ0) is 21.4. The number of hydrogen-bond acceptors (Lipinski definition) is 5. The molecule has 154 valence electrons. The van der Waals surface area contributed by atoms with E-state index in [1.165, 1.54) is 17.0 Å². The fourth-order valence-corrected chi connectivity index (χ4v) is 3.63. The lowest BCUT2D eigenvalue weighted by Crippen LogP contribution is -2.41. The molecule has 1 N–H and O–H groups in total. The van der Waals surface area contributed by atoms with Gasteiger partial charge in [0.15, 0.2) is 18.0 Å². The molecule has 0 bridgehead atoms. The molecule has 1 atom stereocenters. The van der Waals surface area contributed by atoms with Gasteiger partial charge < -0.3 is 19.4 Å². The number of furan rings is 1. The number of carbonyl (C=O) groups excluding carboxylic acids is 3. The first-order valence-corrected chi connectivity index (χ1v) is 9.42. The molecule has 0 saturated heterocycles. The summed E-state index contributed by atoms with van der Waals surface area (Å²) in [5.74, 6) is -2.29. The Bertz CT molecular complexity index is 1170. The third kappa shape index (κ3) is 3.41. The van der Waals surface area contributed by atoms with Crippen molar-refractivity contribution in [1.82, 2.24) is 0 Å². The number of benzene rings is 2. The first kappa shape index (κ1) is 19.6. The topological polar surface area (TPSA) is 88.9 Å². The second kappa shape index (κ2) is 7.62. The number of para-hydroxylation sites is 3. The Hall–Kier alpha value is -3.68. The van der Waals surface area contributed by atoms with Crippen LogP contribution in [-0.4, -0.2) is 30.4 Å². The van der Waals surface area contributed by atoms with Gasteiger partial charge in [0.25, 0.3) is 5.91 Å². The van der Waals surface area contributed by atoms with Crippen molar-refractivity contribution in [2.24, 2.45) is 0 Å². The first-order chi connectivity index (χ1) is 14.4. The largest absolute Gasteiger partial charge is 0.450 e. The van der Waals surface area contributed by atoms with Gasteiger partial charge in [0.1, 0.15) is 0 Å². The van der Waals surface area contributed by atoms with Crippen molar-refractivity contribution in [1.29, 1.82) is 0 Å². The lowest BCUT2D eigenvalue weighted by Gasteiger charge is -2.27. The van der Waals surface area contributed by atoms with Gasteiger partial charge in [-0.2, -0.15) is 0 Å². The second-order valence-electron chi connectivity index (χ2n) is 7.13. The van der Waals surface area contributed by atoms with Crippen molar-refractivity contribution in [3.05, 3.63) is 59.6 Å². The number of anilines is 2. The minimum absolute atomic E-state index is 0.0343. The summed E-state index contributed by atoms with van der Waals surface area (Å²) in [6, 6.07) is 10.9. The molecule has 3 aromatic rings. The first-order valence-electron chi connectivity index (χ1n) is 9.42. The van der Waals surface area contributed by atoms with E-state index < -0.39 is 30.3 Å². The molecule has 2 aromatic carbocycles. The Morgan fingerprint density at radius 2 is 2.00 bits per heavy atom. The van der Waals surface area contributed by atoms with E-state index in [4.69, 9.17) is 9.15 Å². The number of fused-ring (bicyclic) bond motifs is 2. The summed E-state index contributed by atoms with van der Waals surface area (Å²) < 4.78 is 24.4. The third-order valence-electron chi connectivity index (χ3n) is 5.06. The maximum absolute atomic E-state index is 13.9. The van der Waals surface area contributed by atoms with E-state index >= 15 is 0 Å². The molecule has 1 aliphatic rings. The number of ether oxygens (including phenoxy) is 1. The quantitative estimate of drug-likeness (QED) is 0.664. The lowest BCUT2D eigenvalue weighted by molar-refractivity contribution is -0.122. The van der Waals surface area contributed by atoms with Crippen LogP contribution in [0.4, 0.5) is 15.8 Å². The minimum Gasteiger partial charge on any atom is -0.450 e. The van der Waals surface area contributed by atoms with E-state index in [9.17, 15) is 18.8 Å². The number of esters is 1. The van der Waals surface area contributed by atoms with Crippen molar-refractivity contribution >= 4 is 40.1 Å². The Kier molecular flexibility index (Phi) is 4.99. The summed E-state index contributed by atoms with van der Waals surface area (Å²) in [6.07, 6.45) is 0.107. The molecule has 0 fully saturated rings. The number of carbonyl (C=O) groups is 3. The van der Waals surface area contributed by atoms with Crippen molar-refractivity contribution in [2.45, 2.75) is 26.3 Å². The van der Waals surface area contributed by atoms with Crippen LogP contribution >= 0.6 is 0 Å². The highest BCUT2D eigenvalue weighted by Gasteiger charge is 2.30. The van der Waals surface area contributed by atoms with Gasteiger partial charge in [0.05, 0.1) is 11.4 Å². The summed E-state index contributed by atoms with van der Waals surface area (Å²) in [7, 11) is 0. The molecule has 4 rings (SSSR count). The average molecular weight is 410 g/mol. The molecule has 1 aliphatic heterocycles. The fraction of sp³-hybridized carbons (Fsp3) is 0.227. The van der Waals surface area contributed by atoms with Crippen molar-refractivity contribution < 1.29 is 27.9 Å². The predicted molar refractivity (Wildman–Crippen MR) is 108 cm³/mol. The standard InChI is InChI=1S/C22H19FN2O5/c1-12-10-18(26)24-16-8-3-4-9-17(16)25(12)19(27)11-29-22(28)20-13(2)14-6-5-7-15(23)21(14)30-20/h3-9,12H,10-11H2,1-2H3,(H,24,26). The minimum atomic E-state index is -0.860. The van der Waals surface area contributed by atoms with Gasteiger partial charge >= 0.3 is 5.97 Å². The number of nitrogens with zero attached hydrogens (tertiary/aromatic N) is 1. The smallest absolute Gasteiger partial charge is 0.375 e. The second-order valence-corrected chi connectivity index (χ2v) is 7.13. The molecule has 0 aliphatic carbocycles. The predicted octanol–water partition coefficient (Wildman–Crippen LogP) is 3.80. The summed E-state index contributed by atoms with van der Waals surface area (Å²) >= 11 is 0. The summed E-state index contributed by atoms with van der Waals surface area (Å²) in [6.45, 7) is 2.81. The van der Waals surface area contributed by atoms with Crippen LogP contribution < -0.4 is 10.2 Å². The van der Waals surface area contributed by atoms with Gasteiger partial charge in [0.2, 0.25) is 11.7 Å². The van der Waals surface area contributed by atoms with Crippen LogP contribution in [0.5, 0.6) is 0 Å². The molecule has 8 heteroatoms. The van der Waals surface area contributed by atoms with E-state index in [0.717, 1.165) is 0 Å². The Balaban J connectivity index is 1.55. The third-order valence-corrected chi connectivity index (χ3v) is 5.06. The van der Waals surface area contributed by atoms with Crippen molar-refractivity contribution in [2.75, 3.05) is 16.8 Å². The SMILES string of the molecule is Cc1c(C(=O)OCC(=O)N2c3ccccc3NC(=O)CC2C)oc2c(F)cccc12. The van der Waals surface area contributed by atoms with Crippen LogP contribution in [0.15, 0.2) is 46.9 Å². The van der Waals surface area contributed by atoms with E-state index in [-0.39, 0.29) is 23.7 Å². The summed E-state index contributed by atoms with van der Waals surface area (Å²) in [4.78, 5) is 38.9. The summed E-state index contributed by atoms with van der Waals surface area (Å²) in [5.41, 5.74) is 1.44. The van der Waals surface area contributed by atoms with Crippen molar-refractivity contribution in [3.8, 4) is 0 Å². The van der Waals surface area contributed by atoms with Crippen molar-refractivity contribution in [3.63, 3.8) is 0 Å². The van der Waals surface area contributed by atoms with Crippen LogP contribution in [-0.2, 0) is 14.3 Å². The normalized spacial score (nSPS) is 16.0. The van der Waals surface area contributed by atoms with Crippen LogP contribution in [0.3, 0.4) is 0 Å². The highest BCUT2D eigenvalue weighted by molar-refractivity contribution is 6.05. The van der Waals surface area contributed by atoms with Gasteiger partial charge in [-0.1, -0.05) is 24.3 Å². The highest BCUT2D eigenvalue weighted by atomic mass is 19.1.